The molecule has 12 nitrogen and oxygen atoms in total. The number of aliphatic hydroxyl groups is 2. The van der Waals surface area contributed by atoms with E-state index in [1.165, 1.54) is 13.8 Å². The lowest BCUT2D eigenvalue weighted by Crippen LogP contribution is -2.46. The molecule has 1 aromatic heterocycles. The fraction of sp³-hybridized carbons (Fsp3) is 0.737. The van der Waals surface area contributed by atoms with E-state index in [1.54, 1.807) is 13.8 Å². The second-order valence-electron chi connectivity index (χ2n) is 8.18. The summed E-state index contributed by atoms with van der Waals surface area (Å²) in [6.07, 6.45) is -2.50. The lowest BCUT2D eigenvalue weighted by atomic mass is 9.96. The summed E-state index contributed by atoms with van der Waals surface area (Å²) in [6.45, 7) is 4.01. The quantitative estimate of drug-likeness (QED) is 0.245. The zero-order chi connectivity index (χ0) is 25.0. The maximum absolute atomic E-state index is 13.4. The molecule has 0 amide bonds. The smallest absolute Gasteiger partial charge is 0.330 e. The molecule has 1 aliphatic heterocycles. The summed E-state index contributed by atoms with van der Waals surface area (Å²) in [7, 11) is 0. The van der Waals surface area contributed by atoms with Crippen LogP contribution in [0.4, 0.5) is 0 Å². The maximum atomic E-state index is 13.4. The molecular formula is C19H32N3O9PS. The maximum Gasteiger partial charge on any atom is 0.330 e. The Morgan fingerprint density at radius 1 is 1.42 bits per heavy atom. The van der Waals surface area contributed by atoms with Crippen LogP contribution in [0.25, 0.3) is 0 Å². The molecule has 0 saturated carbocycles. The minimum Gasteiger partial charge on any atom is -0.462 e. The van der Waals surface area contributed by atoms with Crippen LogP contribution >= 0.6 is 18.1 Å². The number of hydrogen-bond acceptors (Lipinski definition) is 10. The van der Waals surface area contributed by atoms with Crippen molar-refractivity contribution >= 4 is 24.1 Å². The minimum atomic E-state index is -3.64. The number of aromatic nitrogens is 2. The van der Waals surface area contributed by atoms with Gasteiger partial charge in [-0.15, -0.1) is 0 Å². The summed E-state index contributed by atoms with van der Waals surface area (Å²) in [4.78, 5) is 37.6. The highest BCUT2D eigenvalue weighted by atomic mass is 32.7. The van der Waals surface area contributed by atoms with E-state index in [-0.39, 0.29) is 6.10 Å². The van der Waals surface area contributed by atoms with Gasteiger partial charge in [0.2, 0.25) is 0 Å². The SMILES string of the molecule is CCCSP(=O)(N[C@@H](C)C(=O)OC(C)C)OC[C@H]1O[C@@H](n2ccc(=O)[nH]c2=O)[C@](C)(O)[C@@H]1O. The highest BCUT2D eigenvalue weighted by molar-refractivity contribution is 8.56. The Kier molecular flexibility index (Phi) is 9.51. The van der Waals surface area contributed by atoms with E-state index in [0.29, 0.717) is 12.2 Å². The van der Waals surface area contributed by atoms with Crippen molar-refractivity contribution in [3.8, 4) is 0 Å². The molecule has 33 heavy (non-hydrogen) atoms. The zero-order valence-electron chi connectivity index (χ0n) is 19.2. The first-order chi connectivity index (χ1) is 15.3. The van der Waals surface area contributed by atoms with Crippen molar-refractivity contribution in [3.63, 3.8) is 0 Å². The van der Waals surface area contributed by atoms with Crippen LogP contribution in [0, 0.1) is 0 Å². The van der Waals surface area contributed by atoms with Gasteiger partial charge in [-0.3, -0.25) is 23.7 Å². The molecule has 1 aromatic rings. The zero-order valence-corrected chi connectivity index (χ0v) is 20.9. The van der Waals surface area contributed by atoms with Crippen molar-refractivity contribution < 1.29 is 33.6 Å². The number of carbonyl (C=O) groups excluding carboxylic acids is 1. The molecule has 0 aromatic carbocycles. The van der Waals surface area contributed by atoms with E-state index in [4.69, 9.17) is 14.0 Å². The normalized spacial score (nSPS) is 27.9. The number of hydrogen-bond donors (Lipinski definition) is 4. The van der Waals surface area contributed by atoms with Gasteiger partial charge in [0.25, 0.3) is 5.56 Å². The van der Waals surface area contributed by atoms with Gasteiger partial charge in [-0.25, -0.2) is 9.88 Å². The Morgan fingerprint density at radius 2 is 2.09 bits per heavy atom. The van der Waals surface area contributed by atoms with Crippen LogP contribution in [0.1, 0.15) is 47.3 Å². The van der Waals surface area contributed by atoms with Crippen LogP contribution in [-0.2, 0) is 23.4 Å². The predicted molar refractivity (Wildman–Crippen MR) is 122 cm³/mol. The Labute approximate surface area is 195 Å². The third-order valence-corrected chi connectivity index (χ3v) is 9.11. The summed E-state index contributed by atoms with van der Waals surface area (Å²) in [6, 6.07) is 0.154. The van der Waals surface area contributed by atoms with Crippen LogP contribution in [0.3, 0.4) is 0 Å². The van der Waals surface area contributed by atoms with Gasteiger partial charge in [0.1, 0.15) is 23.9 Å². The largest absolute Gasteiger partial charge is 0.462 e. The lowest BCUT2D eigenvalue weighted by molar-refractivity contribution is -0.149. The van der Waals surface area contributed by atoms with Crippen LogP contribution < -0.4 is 16.3 Å². The number of nitrogens with zero attached hydrogens (tertiary/aromatic N) is 1. The van der Waals surface area contributed by atoms with E-state index in [2.05, 4.69) is 10.1 Å². The molecule has 0 radical (unpaired) electrons. The molecule has 1 aliphatic rings. The van der Waals surface area contributed by atoms with Crippen molar-refractivity contribution in [2.24, 2.45) is 0 Å². The number of aromatic amines is 1. The second-order valence-corrected chi connectivity index (χ2v) is 12.6. The Morgan fingerprint density at radius 3 is 2.67 bits per heavy atom. The van der Waals surface area contributed by atoms with E-state index >= 15 is 0 Å². The van der Waals surface area contributed by atoms with Crippen LogP contribution in [-0.4, -0.2) is 68.0 Å². The fourth-order valence-electron chi connectivity index (χ4n) is 3.11. The molecule has 0 aliphatic carbocycles. The first-order valence-electron chi connectivity index (χ1n) is 10.6. The molecule has 0 bridgehead atoms. The molecule has 14 heteroatoms. The van der Waals surface area contributed by atoms with E-state index in [0.717, 1.165) is 28.2 Å². The third kappa shape index (κ3) is 7.01. The number of H-pyrrole nitrogens is 1. The van der Waals surface area contributed by atoms with Gasteiger partial charge in [0.15, 0.2) is 6.23 Å². The molecule has 2 rings (SSSR count). The van der Waals surface area contributed by atoms with Gasteiger partial charge in [0, 0.05) is 18.0 Å². The van der Waals surface area contributed by atoms with Crippen molar-refractivity contribution in [3.05, 3.63) is 33.1 Å². The summed E-state index contributed by atoms with van der Waals surface area (Å²) in [5.41, 5.74) is -3.37. The Bertz CT molecular complexity index is 980. The molecule has 188 valence electrons. The molecule has 2 heterocycles. The van der Waals surface area contributed by atoms with Crippen molar-refractivity contribution in [2.75, 3.05) is 12.4 Å². The van der Waals surface area contributed by atoms with Crippen molar-refractivity contribution in [1.82, 2.24) is 14.6 Å². The molecule has 6 atom stereocenters. The number of esters is 1. The van der Waals surface area contributed by atoms with Gasteiger partial charge >= 0.3 is 18.4 Å². The molecule has 4 N–H and O–H groups in total. The minimum absolute atomic E-state index is 0.345. The molecular weight excluding hydrogens is 477 g/mol. The van der Waals surface area contributed by atoms with Crippen molar-refractivity contribution in [2.45, 2.75) is 77.2 Å². The van der Waals surface area contributed by atoms with Gasteiger partial charge in [-0.05, 0) is 34.1 Å². The van der Waals surface area contributed by atoms with Crippen LogP contribution in [0.15, 0.2) is 21.9 Å². The summed E-state index contributed by atoms with van der Waals surface area (Å²) in [5.74, 6) is -0.124. The van der Waals surface area contributed by atoms with Gasteiger partial charge in [-0.2, -0.15) is 0 Å². The van der Waals surface area contributed by atoms with E-state index in [9.17, 15) is 29.2 Å². The fourth-order valence-corrected chi connectivity index (χ4v) is 7.05. The van der Waals surface area contributed by atoms with Crippen molar-refractivity contribution in [1.29, 1.82) is 0 Å². The standard InChI is InChI=1S/C19H32N3O9PS/c1-6-9-33-32(28,21-12(4)16(25)30-11(2)3)29-10-13-15(24)19(5,27)17(31-13)22-8-7-14(23)20-18(22)26/h7-8,11-13,15,17,24,27H,6,9-10H2,1-5H3,(H,21,28)(H,20,23,26)/t12-,13+,15+,17+,19+,32?/m0/s1. The molecule has 0 spiro atoms. The van der Waals surface area contributed by atoms with Gasteiger partial charge < -0.3 is 24.2 Å². The highest BCUT2D eigenvalue weighted by Crippen LogP contribution is 2.57. The second kappa shape index (κ2) is 11.3. The average Bonchev–Trinajstić information content (AvgIpc) is 2.94. The van der Waals surface area contributed by atoms with Crippen LogP contribution in [0.5, 0.6) is 0 Å². The summed E-state index contributed by atoms with van der Waals surface area (Å²) in [5, 5.41) is 24.1. The molecule has 1 fully saturated rings. The highest BCUT2D eigenvalue weighted by Gasteiger charge is 2.54. The van der Waals surface area contributed by atoms with Gasteiger partial charge in [-0.1, -0.05) is 18.3 Å². The Hall–Kier alpha value is -1.47. The van der Waals surface area contributed by atoms with Crippen LogP contribution in [0.2, 0.25) is 0 Å². The summed E-state index contributed by atoms with van der Waals surface area (Å²) >= 11 is 0.994. The lowest BCUT2D eigenvalue weighted by Gasteiger charge is -2.27. The molecule has 1 unspecified atom stereocenters. The van der Waals surface area contributed by atoms with Gasteiger partial charge in [0.05, 0.1) is 12.7 Å². The molecule has 1 saturated heterocycles. The summed E-state index contributed by atoms with van der Waals surface area (Å²) < 4.78 is 30.7. The Balaban J connectivity index is 2.16. The number of aliphatic hydroxyl groups excluding tert-OH is 1. The first kappa shape index (κ1) is 27.8. The van der Waals surface area contributed by atoms with E-state index < -0.39 is 60.6 Å². The third-order valence-electron chi connectivity index (χ3n) is 4.79. The van der Waals surface area contributed by atoms with E-state index in [1.807, 2.05) is 6.92 Å². The average molecular weight is 510 g/mol. The number of rotatable bonds is 11. The monoisotopic (exact) mass is 509 g/mol. The number of nitrogens with one attached hydrogen (secondary N) is 2. The predicted octanol–water partition coefficient (Wildman–Crippen LogP) is 0.744. The first-order valence-corrected chi connectivity index (χ1v) is 13.8. The topological polar surface area (TPSA) is 169 Å². The number of ether oxygens (including phenoxy) is 2. The number of carbonyl (C=O) groups is 1.